The van der Waals surface area contributed by atoms with E-state index in [0.29, 0.717) is 16.3 Å². The number of benzene rings is 2. The topological polar surface area (TPSA) is 90.9 Å². The molecule has 1 atom stereocenters. The number of hydrogen-bond donors (Lipinski definition) is 2. The molecule has 7 nitrogen and oxygen atoms in total. The molecule has 0 bridgehead atoms. The smallest absolute Gasteiger partial charge is 0.271 e. The molecule has 0 aromatic heterocycles. The molecule has 1 fully saturated rings. The number of halogens is 2. The number of thiocarbonyl (C=S) groups is 1. The molecule has 142 valence electrons. The summed E-state index contributed by atoms with van der Waals surface area (Å²) in [6.45, 7) is 0. The van der Waals surface area contributed by atoms with Crippen molar-refractivity contribution in [3.63, 3.8) is 0 Å². The molecule has 2 N–H and O–H groups in total. The van der Waals surface area contributed by atoms with E-state index in [4.69, 9.17) is 23.8 Å². The zero-order valence-corrected chi connectivity index (χ0v) is 17.2. The first-order chi connectivity index (χ1) is 13.4. The molecular weight excluding hydrogens is 468 g/mol. The highest BCUT2D eigenvalue weighted by Gasteiger charge is 2.38. The first-order valence-corrected chi connectivity index (χ1v) is 9.48. The van der Waals surface area contributed by atoms with Crippen molar-refractivity contribution in [2.75, 3.05) is 4.90 Å². The van der Waals surface area contributed by atoms with Gasteiger partial charge in [0.05, 0.1) is 5.69 Å². The van der Waals surface area contributed by atoms with Crippen LogP contribution in [0.5, 0.6) is 0 Å². The van der Waals surface area contributed by atoms with Crippen LogP contribution in [0.3, 0.4) is 0 Å². The van der Waals surface area contributed by atoms with Crippen LogP contribution in [0.2, 0.25) is 5.02 Å². The molecule has 10 heteroatoms. The van der Waals surface area contributed by atoms with E-state index in [1.165, 1.54) is 4.90 Å². The molecule has 1 aliphatic rings. The predicted octanol–water partition coefficient (Wildman–Crippen LogP) is 2.88. The van der Waals surface area contributed by atoms with Gasteiger partial charge in [-0.05, 0) is 54.7 Å². The molecular formula is C18H12BrClN4O3S. The third-order valence-electron chi connectivity index (χ3n) is 3.76. The summed E-state index contributed by atoms with van der Waals surface area (Å²) in [7, 11) is 0. The molecule has 1 heterocycles. The van der Waals surface area contributed by atoms with Crippen LogP contribution >= 0.6 is 39.7 Å². The quantitative estimate of drug-likeness (QED) is 0.305. The van der Waals surface area contributed by atoms with E-state index >= 15 is 0 Å². The number of anilines is 1. The molecule has 28 heavy (non-hydrogen) atoms. The Labute approximate surface area is 178 Å². The van der Waals surface area contributed by atoms with Crippen molar-refractivity contribution in [3.05, 3.63) is 63.6 Å². The van der Waals surface area contributed by atoms with Crippen LogP contribution < -0.4 is 15.6 Å². The molecule has 1 saturated heterocycles. The van der Waals surface area contributed by atoms with Crippen molar-refractivity contribution in [1.29, 1.82) is 0 Å². The van der Waals surface area contributed by atoms with Crippen molar-refractivity contribution in [3.8, 4) is 0 Å². The monoisotopic (exact) mass is 478 g/mol. The Kier molecular flexibility index (Phi) is 6.18. The Morgan fingerprint density at radius 1 is 1.25 bits per heavy atom. The van der Waals surface area contributed by atoms with Crippen molar-refractivity contribution in [2.24, 2.45) is 11.0 Å². The van der Waals surface area contributed by atoms with Crippen LogP contribution in [0.15, 0.2) is 58.1 Å². The minimum atomic E-state index is -1.25. The van der Waals surface area contributed by atoms with E-state index in [9.17, 15) is 14.4 Å². The highest BCUT2D eigenvalue weighted by Crippen LogP contribution is 2.22. The van der Waals surface area contributed by atoms with Gasteiger partial charge in [-0.1, -0.05) is 33.6 Å². The van der Waals surface area contributed by atoms with Crippen LogP contribution in [0.4, 0.5) is 5.69 Å². The van der Waals surface area contributed by atoms with Crippen LogP contribution in [-0.4, -0.2) is 29.0 Å². The number of hydrazone groups is 1. The minimum absolute atomic E-state index is 0.0415. The van der Waals surface area contributed by atoms with E-state index in [1.54, 1.807) is 48.5 Å². The number of nitrogens with one attached hydrogen (secondary N) is 2. The number of rotatable bonds is 4. The summed E-state index contributed by atoms with van der Waals surface area (Å²) in [5.74, 6) is -2.94. The van der Waals surface area contributed by atoms with Gasteiger partial charge in [0.2, 0.25) is 5.91 Å². The Morgan fingerprint density at radius 2 is 1.96 bits per heavy atom. The number of carbonyl (C=O) groups is 3. The summed E-state index contributed by atoms with van der Waals surface area (Å²) in [6, 6.07) is 13.1. The van der Waals surface area contributed by atoms with Crippen LogP contribution in [0.1, 0.15) is 10.4 Å². The zero-order chi connectivity index (χ0) is 20.3. The zero-order valence-electron chi connectivity index (χ0n) is 14.1. The summed E-state index contributed by atoms with van der Waals surface area (Å²) in [6.07, 6.45) is 1.07. The normalized spacial score (nSPS) is 17.0. The molecule has 3 rings (SSSR count). The van der Waals surface area contributed by atoms with Gasteiger partial charge in [-0.25, -0.2) is 5.43 Å². The maximum Gasteiger partial charge on any atom is 0.271 e. The first-order valence-electron chi connectivity index (χ1n) is 7.90. The van der Waals surface area contributed by atoms with Crippen molar-refractivity contribution in [2.45, 2.75) is 0 Å². The lowest BCUT2D eigenvalue weighted by molar-refractivity contribution is -0.130. The number of carbonyl (C=O) groups excluding carboxylic acids is 3. The molecule has 2 aromatic rings. The number of nitrogens with zero attached hydrogens (tertiary/aromatic N) is 2. The SMILES string of the molecule is O=C(N/N=C\[C@@H]1C(=O)NC(=S)N(c2ccc(Cl)cc2)C1=O)c1cccc(Br)c1. The summed E-state index contributed by atoms with van der Waals surface area (Å²) in [5.41, 5.74) is 3.12. The van der Waals surface area contributed by atoms with E-state index in [-0.39, 0.29) is 5.11 Å². The van der Waals surface area contributed by atoms with Crippen molar-refractivity contribution < 1.29 is 14.4 Å². The minimum Gasteiger partial charge on any atom is -0.301 e. The van der Waals surface area contributed by atoms with Crippen LogP contribution in [-0.2, 0) is 9.59 Å². The lowest BCUT2D eigenvalue weighted by Gasteiger charge is -2.30. The third-order valence-corrected chi connectivity index (χ3v) is 4.79. The molecule has 0 saturated carbocycles. The summed E-state index contributed by atoms with van der Waals surface area (Å²) in [5, 5.41) is 6.67. The molecule has 0 spiro atoms. The second-order valence-corrected chi connectivity index (χ2v) is 7.39. The maximum absolute atomic E-state index is 12.8. The first kappa shape index (κ1) is 20.1. The molecule has 2 aromatic carbocycles. The largest absolute Gasteiger partial charge is 0.301 e. The van der Waals surface area contributed by atoms with Crippen molar-refractivity contribution in [1.82, 2.24) is 10.7 Å². The molecule has 0 unspecified atom stereocenters. The predicted molar refractivity (Wildman–Crippen MR) is 113 cm³/mol. The van der Waals surface area contributed by atoms with Gasteiger partial charge >= 0.3 is 0 Å². The summed E-state index contributed by atoms with van der Waals surface area (Å²) in [4.78, 5) is 38.2. The van der Waals surface area contributed by atoms with Crippen molar-refractivity contribution >= 4 is 74.5 Å². The van der Waals surface area contributed by atoms with Crippen LogP contribution in [0, 0.1) is 5.92 Å². The highest BCUT2D eigenvalue weighted by atomic mass is 79.9. The van der Waals surface area contributed by atoms with Gasteiger partial charge in [0.25, 0.3) is 11.8 Å². The fourth-order valence-corrected chi connectivity index (χ4v) is 3.24. The third kappa shape index (κ3) is 4.44. The number of hydrogen-bond acceptors (Lipinski definition) is 5. The van der Waals surface area contributed by atoms with E-state index < -0.39 is 23.6 Å². The Morgan fingerprint density at radius 3 is 2.64 bits per heavy atom. The van der Waals surface area contributed by atoms with Crippen LogP contribution in [0.25, 0.3) is 0 Å². The average molecular weight is 480 g/mol. The van der Waals surface area contributed by atoms with E-state index in [0.717, 1.165) is 10.7 Å². The average Bonchev–Trinajstić information content (AvgIpc) is 2.65. The van der Waals surface area contributed by atoms with Gasteiger partial charge < -0.3 is 5.32 Å². The fourth-order valence-electron chi connectivity index (χ4n) is 2.42. The van der Waals surface area contributed by atoms with Gasteiger partial charge in [-0.15, -0.1) is 0 Å². The Hall–Kier alpha value is -2.62. The van der Waals surface area contributed by atoms with E-state index in [1.807, 2.05) is 0 Å². The van der Waals surface area contributed by atoms with Gasteiger partial charge in [0.15, 0.2) is 11.0 Å². The van der Waals surface area contributed by atoms with Gasteiger partial charge in [0, 0.05) is 21.3 Å². The molecule has 1 aliphatic heterocycles. The molecule has 0 aliphatic carbocycles. The van der Waals surface area contributed by atoms with Gasteiger partial charge in [0.1, 0.15) is 0 Å². The lowest BCUT2D eigenvalue weighted by Crippen LogP contribution is -2.58. The molecule has 3 amide bonds. The number of amides is 3. The molecule has 0 radical (unpaired) electrons. The maximum atomic E-state index is 12.8. The van der Waals surface area contributed by atoms with Gasteiger partial charge in [-0.2, -0.15) is 5.10 Å². The Bertz CT molecular complexity index is 997. The van der Waals surface area contributed by atoms with E-state index in [2.05, 4.69) is 31.8 Å². The fraction of sp³-hybridized carbons (Fsp3) is 0.0556. The van der Waals surface area contributed by atoms with Gasteiger partial charge in [-0.3, -0.25) is 19.3 Å². The summed E-state index contributed by atoms with van der Waals surface area (Å²) >= 11 is 14.2. The second kappa shape index (κ2) is 8.59. The standard InChI is InChI=1S/C18H12BrClN4O3S/c19-11-3-1-2-10(8-11)15(25)23-21-9-14-16(26)22-18(28)24(17(14)27)13-6-4-12(20)5-7-13/h1-9,14H,(H,23,25)(H,22,26,28)/b21-9-/t14-/m1/s1. The highest BCUT2D eigenvalue weighted by molar-refractivity contribution is 9.10. The lowest BCUT2D eigenvalue weighted by atomic mass is 10.1. The Balaban J connectivity index is 1.75. The summed E-state index contributed by atoms with van der Waals surface area (Å²) < 4.78 is 0.734. The second-order valence-electron chi connectivity index (χ2n) is 5.65.